The Morgan fingerprint density at radius 1 is 1.41 bits per heavy atom. The summed E-state index contributed by atoms with van der Waals surface area (Å²) in [5, 5.41) is 5.55. The first kappa shape index (κ1) is 14.5. The van der Waals surface area contributed by atoms with Crippen molar-refractivity contribution in [2.75, 3.05) is 26.4 Å². The van der Waals surface area contributed by atoms with Crippen molar-refractivity contribution in [3.05, 3.63) is 16.3 Å². The first-order valence-corrected chi connectivity index (χ1v) is 7.07. The Balaban J connectivity index is 2.34. The second-order valence-electron chi connectivity index (χ2n) is 5.18. The zero-order valence-corrected chi connectivity index (χ0v) is 12.2. The lowest BCUT2D eigenvalue weighted by atomic mass is 10.0. The molecule has 0 aliphatic rings. The third-order valence-corrected chi connectivity index (χ3v) is 3.86. The lowest BCUT2D eigenvalue weighted by molar-refractivity contribution is 0.247. The monoisotopic (exact) mass is 255 g/mol. The fourth-order valence-corrected chi connectivity index (χ4v) is 2.64. The van der Waals surface area contributed by atoms with Crippen LogP contribution in [-0.2, 0) is 6.54 Å². The van der Waals surface area contributed by atoms with Gasteiger partial charge in [-0.25, -0.2) is 0 Å². The number of hydrogen-bond acceptors (Lipinski definition) is 4. The Kier molecular flexibility index (Phi) is 5.95. The van der Waals surface area contributed by atoms with Gasteiger partial charge in [0.05, 0.1) is 0 Å². The van der Waals surface area contributed by atoms with Crippen molar-refractivity contribution in [1.29, 1.82) is 0 Å². The molecular formula is C13H25N3S. The molecule has 1 aromatic rings. The van der Waals surface area contributed by atoms with Crippen LogP contribution in [0, 0.1) is 5.92 Å². The molecule has 1 aromatic heterocycles. The molecule has 3 N–H and O–H groups in total. The molecule has 0 spiro atoms. The van der Waals surface area contributed by atoms with Crippen molar-refractivity contribution in [1.82, 2.24) is 10.2 Å². The molecule has 1 rings (SSSR count). The highest BCUT2D eigenvalue weighted by atomic mass is 32.1. The molecule has 0 aliphatic heterocycles. The fraction of sp³-hybridized carbons (Fsp3) is 0.692. The Bertz CT molecular complexity index is 320. The van der Waals surface area contributed by atoms with E-state index < -0.39 is 0 Å². The van der Waals surface area contributed by atoms with E-state index in [2.05, 4.69) is 38.2 Å². The molecule has 0 bridgehead atoms. The molecule has 1 atom stereocenters. The SMILES string of the molecule is CC(C)CC(CNCc1sccc1N)N(C)C. The highest BCUT2D eigenvalue weighted by molar-refractivity contribution is 7.10. The van der Waals surface area contributed by atoms with Crippen LogP contribution >= 0.6 is 11.3 Å². The zero-order valence-electron chi connectivity index (χ0n) is 11.4. The molecule has 3 nitrogen and oxygen atoms in total. The molecule has 0 saturated carbocycles. The van der Waals surface area contributed by atoms with Gasteiger partial charge in [-0.05, 0) is 37.9 Å². The van der Waals surface area contributed by atoms with Crippen molar-refractivity contribution < 1.29 is 0 Å². The predicted molar refractivity (Wildman–Crippen MR) is 77.4 cm³/mol. The van der Waals surface area contributed by atoms with E-state index in [-0.39, 0.29) is 0 Å². The van der Waals surface area contributed by atoms with E-state index in [1.54, 1.807) is 11.3 Å². The van der Waals surface area contributed by atoms with Gasteiger partial charge in [-0.3, -0.25) is 0 Å². The summed E-state index contributed by atoms with van der Waals surface area (Å²) in [6.07, 6.45) is 1.22. The number of likely N-dealkylation sites (N-methyl/N-ethyl adjacent to an activating group) is 1. The Morgan fingerprint density at radius 3 is 2.59 bits per heavy atom. The van der Waals surface area contributed by atoms with E-state index in [0.29, 0.717) is 6.04 Å². The molecule has 0 aliphatic carbocycles. The number of nitrogens with two attached hydrogens (primary N) is 1. The van der Waals surface area contributed by atoms with Gasteiger partial charge in [0.2, 0.25) is 0 Å². The summed E-state index contributed by atoms with van der Waals surface area (Å²) in [4.78, 5) is 3.54. The van der Waals surface area contributed by atoms with Crippen molar-refractivity contribution in [3.8, 4) is 0 Å². The van der Waals surface area contributed by atoms with Gasteiger partial charge < -0.3 is 16.0 Å². The number of anilines is 1. The van der Waals surface area contributed by atoms with Gasteiger partial charge in [0.15, 0.2) is 0 Å². The molecule has 0 saturated heterocycles. The highest BCUT2D eigenvalue weighted by Crippen LogP contribution is 2.18. The van der Waals surface area contributed by atoms with Gasteiger partial charge in [-0.15, -0.1) is 11.3 Å². The van der Waals surface area contributed by atoms with Crippen LogP contribution in [0.1, 0.15) is 25.1 Å². The van der Waals surface area contributed by atoms with Crippen LogP contribution < -0.4 is 11.1 Å². The summed E-state index contributed by atoms with van der Waals surface area (Å²) in [6, 6.07) is 2.57. The van der Waals surface area contributed by atoms with Crippen LogP contribution in [0.3, 0.4) is 0 Å². The van der Waals surface area contributed by atoms with E-state index in [9.17, 15) is 0 Å². The Labute approximate surface area is 109 Å². The van der Waals surface area contributed by atoms with Gasteiger partial charge >= 0.3 is 0 Å². The predicted octanol–water partition coefficient (Wildman–Crippen LogP) is 2.40. The maximum absolute atomic E-state index is 5.86. The number of nitrogens with zero attached hydrogens (tertiary/aromatic N) is 1. The summed E-state index contributed by atoms with van der Waals surface area (Å²) in [5.74, 6) is 0.732. The number of hydrogen-bond donors (Lipinski definition) is 2. The molecule has 4 heteroatoms. The summed E-state index contributed by atoms with van der Waals surface area (Å²) < 4.78 is 0. The summed E-state index contributed by atoms with van der Waals surface area (Å²) in [5.41, 5.74) is 6.77. The molecule has 1 heterocycles. The first-order chi connectivity index (χ1) is 8.00. The van der Waals surface area contributed by atoms with Crippen LogP contribution in [0.25, 0.3) is 0 Å². The quantitative estimate of drug-likeness (QED) is 0.786. The average molecular weight is 255 g/mol. The number of thiophene rings is 1. The zero-order chi connectivity index (χ0) is 12.8. The van der Waals surface area contributed by atoms with Crippen LogP contribution in [0.4, 0.5) is 5.69 Å². The average Bonchev–Trinajstić information content (AvgIpc) is 2.62. The number of rotatable bonds is 7. The molecule has 1 unspecified atom stereocenters. The van der Waals surface area contributed by atoms with E-state index in [1.807, 2.05) is 11.4 Å². The van der Waals surface area contributed by atoms with Gasteiger partial charge in [0, 0.05) is 29.7 Å². The molecule has 98 valence electrons. The standard InChI is InChI=1S/C13H25N3S/c1-10(2)7-11(16(3)4)8-15-9-13-12(14)5-6-17-13/h5-6,10-11,15H,7-9,14H2,1-4H3. The van der Waals surface area contributed by atoms with Gasteiger partial charge in [0.25, 0.3) is 0 Å². The van der Waals surface area contributed by atoms with Crippen LogP contribution in [0.15, 0.2) is 11.4 Å². The maximum Gasteiger partial charge on any atom is 0.0468 e. The van der Waals surface area contributed by atoms with Crippen LogP contribution in [0.2, 0.25) is 0 Å². The minimum Gasteiger partial charge on any atom is -0.398 e. The van der Waals surface area contributed by atoms with E-state index in [1.165, 1.54) is 11.3 Å². The van der Waals surface area contributed by atoms with Gasteiger partial charge in [0.1, 0.15) is 0 Å². The normalized spacial score (nSPS) is 13.5. The fourth-order valence-electron chi connectivity index (χ4n) is 1.87. The third kappa shape index (κ3) is 5.06. The first-order valence-electron chi connectivity index (χ1n) is 6.19. The van der Waals surface area contributed by atoms with Gasteiger partial charge in [-0.1, -0.05) is 13.8 Å². The summed E-state index contributed by atoms with van der Waals surface area (Å²) in [7, 11) is 4.29. The number of nitrogens with one attached hydrogen (secondary N) is 1. The van der Waals surface area contributed by atoms with E-state index in [4.69, 9.17) is 5.73 Å². The molecular weight excluding hydrogens is 230 g/mol. The minimum atomic E-state index is 0.594. The largest absolute Gasteiger partial charge is 0.398 e. The smallest absolute Gasteiger partial charge is 0.0468 e. The van der Waals surface area contributed by atoms with Crippen molar-refractivity contribution in [3.63, 3.8) is 0 Å². The molecule has 0 aromatic carbocycles. The Morgan fingerprint density at radius 2 is 2.12 bits per heavy atom. The summed E-state index contributed by atoms with van der Waals surface area (Å²) in [6.45, 7) is 6.44. The van der Waals surface area contributed by atoms with Crippen LogP contribution in [-0.4, -0.2) is 31.6 Å². The van der Waals surface area contributed by atoms with Crippen molar-refractivity contribution >= 4 is 17.0 Å². The van der Waals surface area contributed by atoms with Crippen molar-refractivity contribution in [2.45, 2.75) is 32.9 Å². The topological polar surface area (TPSA) is 41.3 Å². The summed E-state index contributed by atoms with van der Waals surface area (Å²) >= 11 is 1.72. The molecule has 0 amide bonds. The molecule has 0 radical (unpaired) electrons. The second-order valence-corrected chi connectivity index (χ2v) is 6.18. The minimum absolute atomic E-state index is 0.594. The molecule has 0 fully saturated rings. The number of nitrogen functional groups attached to an aromatic ring is 1. The lowest BCUT2D eigenvalue weighted by Crippen LogP contribution is -2.38. The van der Waals surface area contributed by atoms with Crippen molar-refractivity contribution in [2.24, 2.45) is 5.92 Å². The van der Waals surface area contributed by atoms with Crippen LogP contribution in [0.5, 0.6) is 0 Å². The highest BCUT2D eigenvalue weighted by Gasteiger charge is 2.13. The second kappa shape index (κ2) is 6.99. The Hall–Kier alpha value is -0.580. The van der Waals surface area contributed by atoms with E-state index >= 15 is 0 Å². The lowest BCUT2D eigenvalue weighted by Gasteiger charge is -2.26. The molecule has 17 heavy (non-hydrogen) atoms. The van der Waals surface area contributed by atoms with E-state index in [0.717, 1.165) is 24.7 Å². The maximum atomic E-state index is 5.86. The van der Waals surface area contributed by atoms with Gasteiger partial charge in [-0.2, -0.15) is 0 Å². The third-order valence-electron chi connectivity index (χ3n) is 2.92.